The first kappa shape index (κ1) is 13.7. The lowest BCUT2D eigenvalue weighted by Crippen LogP contribution is -1.95. The van der Waals surface area contributed by atoms with Crippen molar-refractivity contribution in [2.24, 2.45) is 0 Å². The molecule has 0 aliphatic heterocycles. The van der Waals surface area contributed by atoms with Gasteiger partial charge in [-0.05, 0) is 64.5 Å². The quantitative estimate of drug-likeness (QED) is 0.636. The summed E-state index contributed by atoms with van der Waals surface area (Å²) in [4.78, 5) is 3.17. The molecular weight excluding hydrogens is 360 g/mol. The van der Waals surface area contributed by atoms with E-state index in [0.29, 0.717) is 9.79 Å². The molecule has 0 fully saturated rings. The van der Waals surface area contributed by atoms with Crippen LogP contribution < -0.4 is 4.74 Å². The van der Waals surface area contributed by atoms with Crippen molar-refractivity contribution < 1.29 is 4.74 Å². The van der Waals surface area contributed by atoms with Crippen LogP contribution in [0, 0.1) is 4.77 Å². The van der Waals surface area contributed by atoms with E-state index in [-0.39, 0.29) is 0 Å². The largest absolute Gasteiger partial charge is 0.496 e. The molecule has 6 heteroatoms. The first-order valence-electron chi connectivity index (χ1n) is 5.84. The number of halogens is 2. The summed E-state index contributed by atoms with van der Waals surface area (Å²) in [5.74, 6) is 0.776. The number of nitrogens with one attached hydrogen (secondary N) is 1. The molecule has 1 N–H and O–H groups in total. The van der Waals surface area contributed by atoms with E-state index in [1.807, 2.05) is 41.0 Å². The maximum Gasteiger partial charge on any atom is 0.182 e. The molecule has 20 heavy (non-hydrogen) atoms. The van der Waals surface area contributed by atoms with Crippen LogP contribution in [0.15, 0.2) is 40.9 Å². The van der Waals surface area contributed by atoms with Crippen LogP contribution in [0.3, 0.4) is 0 Å². The minimum atomic E-state index is 0.624. The summed E-state index contributed by atoms with van der Waals surface area (Å²) in [5.41, 5.74) is 2.84. The number of aromatic amines is 1. The summed E-state index contributed by atoms with van der Waals surface area (Å²) >= 11 is 15.0. The van der Waals surface area contributed by atoms with Crippen LogP contribution in [-0.4, -0.2) is 16.7 Å². The van der Waals surface area contributed by atoms with Gasteiger partial charge in [-0.15, -0.1) is 0 Å². The maximum atomic E-state index is 6.08. The Morgan fingerprint density at radius 1 is 1.25 bits per heavy atom. The van der Waals surface area contributed by atoms with Crippen LogP contribution >= 0.6 is 39.7 Å². The van der Waals surface area contributed by atoms with E-state index >= 15 is 0 Å². The molecule has 0 amide bonds. The highest BCUT2D eigenvalue weighted by Gasteiger charge is 2.09. The van der Waals surface area contributed by atoms with Crippen molar-refractivity contribution in [1.29, 1.82) is 0 Å². The van der Waals surface area contributed by atoms with Gasteiger partial charge in [0.1, 0.15) is 5.75 Å². The Labute approximate surface area is 134 Å². The molecule has 0 saturated carbocycles. The van der Waals surface area contributed by atoms with Gasteiger partial charge in [-0.3, -0.25) is 4.57 Å². The lowest BCUT2D eigenvalue weighted by molar-refractivity contribution is 0.412. The molecule has 1 aromatic heterocycles. The Bertz CT molecular complexity index is 856. The highest BCUT2D eigenvalue weighted by Crippen LogP contribution is 2.29. The summed E-state index contributed by atoms with van der Waals surface area (Å²) in [6, 6.07) is 11.5. The molecule has 102 valence electrons. The third-order valence-corrected chi connectivity index (χ3v) is 4.18. The van der Waals surface area contributed by atoms with E-state index in [4.69, 9.17) is 28.6 Å². The van der Waals surface area contributed by atoms with Gasteiger partial charge in [0.05, 0.1) is 22.6 Å². The van der Waals surface area contributed by atoms with Gasteiger partial charge in [0.2, 0.25) is 0 Å². The number of nitrogens with zero attached hydrogens (tertiary/aromatic N) is 1. The SMILES string of the molecule is COc1ccc(-n2c(=S)[nH]c3ccc(Cl)cc32)cc1Br. The Balaban J connectivity index is 2.28. The first-order chi connectivity index (χ1) is 9.60. The number of H-pyrrole nitrogens is 1. The average Bonchev–Trinajstić information content (AvgIpc) is 2.74. The van der Waals surface area contributed by atoms with E-state index in [9.17, 15) is 0 Å². The van der Waals surface area contributed by atoms with Crippen LogP contribution in [-0.2, 0) is 0 Å². The molecule has 0 radical (unpaired) electrons. The topological polar surface area (TPSA) is 29.9 Å². The van der Waals surface area contributed by atoms with Crippen molar-refractivity contribution in [2.45, 2.75) is 0 Å². The predicted octanol–water partition coefficient (Wildman–Crippen LogP) is 5.11. The number of hydrogen-bond acceptors (Lipinski definition) is 2. The number of ether oxygens (including phenoxy) is 1. The Kier molecular flexibility index (Phi) is 3.58. The molecule has 0 atom stereocenters. The van der Waals surface area contributed by atoms with Gasteiger partial charge >= 0.3 is 0 Å². The number of rotatable bonds is 2. The molecule has 0 unspecified atom stereocenters. The molecule has 0 spiro atoms. The normalized spacial score (nSPS) is 10.9. The zero-order valence-electron chi connectivity index (χ0n) is 10.5. The fraction of sp³-hybridized carbons (Fsp3) is 0.0714. The van der Waals surface area contributed by atoms with E-state index in [1.54, 1.807) is 7.11 Å². The lowest BCUT2D eigenvalue weighted by atomic mass is 10.2. The number of aromatic nitrogens is 2. The van der Waals surface area contributed by atoms with Crippen LogP contribution in [0.25, 0.3) is 16.7 Å². The summed E-state index contributed by atoms with van der Waals surface area (Å²) < 4.78 is 8.68. The van der Waals surface area contributed by atoms with Gasteiger partial charge < -0.3 is 9.72 Å². The first-order valence-corrected chi connectivity index (χ1v) is 7.42. The molecule has 3 aromatic rings. The zero-order valence-corrected chi connectivity index (χ0v) is 13.6. The van der Waals surface area contributed by atoms with Gasteiger partial charge in [-0.1, -0.05) is 11.6 Å². The second kappa shape index (κ2) is 5.24. The monoisotopic (exact) mass is 368 g/mol. The average molecular weight is 370 g/mol. The van der Waals surface area contributed by atoms with E-state index in [2.05, 4.69) is 20.9 Å². The van der Waals surface area contributed by atoms with Gasteiger partial charge in [-0.2, -0.15) is 0 Å². The summed E-state index contributed by atoms with van der Waals surface area (Å²) in [6.07, 6.45) is 0. The van der Waals surface area contributed by atoms with Gasteiger partial charge in [0.25, 0.3) is 0 Å². The smallest absolute Gasteiger partial charge is 0.182 e. The molecule has 3 rings (SSSR count). The highest BCUT2D eigenvalue weighted by molar-refractivity contribution is 9.10. The van der Waals surface area contributed by atoms with Gasteiger partial charge in [0.15, 0.2) is 4.77 Å². The Morgan fingerprint density at radius 2 is 2.05 bits per heavy atom. The second-order valence-corrected chi connectivity index (χ2v) is 5.92. The third kappa shape index (κ3) is 2.26. The molecular formula is C14H10BrClN2OS. The van der Waals surface area contributed by atoms with E-state index in [0.717, 1.165) is 26.9 Å². The Hall–Kier alpha value is -1.30. The second-order valence-electron chi connectivity index (χ2n) is 4.25. The fourth-order valence-electron chi connectivity index (χ4n) is 2.13. The van der Waals surface area contributed by atoms with Crippen LogP contribution in [0.5, 0.6) is 5.75 Å². The van der Waals surface area contributed by atoms with E-state index in [1.165, 1.54) is 0 Å². The standard InChI is InChI=1S/C14H10BrClN2OS/c1-19-13-5-3-9(7-10(13)15)18-12-6-8(16)2-4-11(12)17-14(18)20/h2-7H,1H3,(H,17,20). The summed E-state index contributed by atoms with van der Waals surface area (Å²) in [6.45, 7) is 0. The molecule has 2 aromatic carbocycles. The van der Waals surface area contributed by atoms with E-state index < -0.39 is 0 Å². The van der Waals surface area contributed by atoms with Gasteiger partial charge in [-0.25, -0.2) is 0 Å². The number of methoxy groups -OCH3 is 1. The van der Waals surface area contributed by atoms with Crippen LogP contribution in [0.2, 0.25) is 5.02 Å². The summed E-state index contributed by atoms with van der Waals surface area (Å²) in [5, 5.41) is 0.674. The lowest BCUT2D eigenvalue weighted by Gasteiger charge is -2.08. The number of imidazole rings is 1. The molecule has 1 heterocycles. The van der Waals surface area contributed by atoms with Crippen molar-refractivity contribution in [3.63, 3.8) is 0 Å². The minimum Gasteiger partial charge on any atom is -0.496 e. The van der Waals surface area contributed by atoms with Crippen molar-refractivity contribution in [3.05, 3.63) is 50.7 Å². The third-order valence-electron chi connectivity index (χ3n) is 3.04. The van der Waals surface area contributed by atoms with Crippen LogP contribution in [0.1, 0.15) is 0 Å². The molecule has 0 saturated heterocycles. The minimum absolute atomic E-state index is 0.624. The van der Waals surface area contributed by atoms with Crippen LogP contribution in [0.4, 0.5) is 0 Å². The predicted molar refractivity (Wildman–Crippen MR) is 87.7 cm³/mol. The number of hydrogen-bond donors (Lipinski definition) is 1. The molecule has 3 nitrogen and oxygen atoms in total. The zero-order chi connectivity index (χ0) is 14.3. The Morgan fingerprint density at radius 3 is 2.75 bits per heavy atom. The summed E-state index contributed by atoms with van der Waals surface area (Å²) in [7, 11) is 1.64. The van der Waals surface area contributed by atoms with Crippen molar-refractivity contribution in [1.82, 2.24) is 9.55 Å². The highest BCUT2D eigenvalue weighted by atomic mass is 79.9. The fourth-order valence-corrected chi connectivity index (χ4v) is 3.14. The van der Waals surface area contributed by atoms with Crippen molar-refractivity contribution in [3.8, 4) is 11.4 Å². The number of benzene rings is 2. The maximum absolute atomic E-state index is 6.08. The molecule has 0 aliphatic rings. The molecule has 0 bridgehead atoms. The van der Waals surface area contributed by atoms with Crippen molar-refractivity contribution >= 4 is 50.8 Å². The number of fused-ring (bicyclic) bond motifs is 1. The molecule has 0 aliphatic carbocycles. The van der Waals surface area contributed by atoms with Gasteiger partial charge in [0, 0.05) is 10.7 Å². The van der Waals surface area contributed by atoms with Crippen molar-refractivity contribution in [2.75, 3.05) is 7.11 Å².